The summed E-state index contributed by atoms with van der Waals surface area (Å²) >= 11 is 3.40. The minimum absolute atomic E-state index is 0.0660. The van der Waals surface area contributed by atoms with E-state index in [1.54, 1.807) is 24.8 Å². The highest BCUT2D eigenvalue weighted by Gasteiger charge is 2.31. The number of morpholine rings is 1. The molecule has 0 bridgehead atoms. The molecule has 1 fully saturated rings. The van der Waals surface area contributed by atoms with E-state index >= 15 is 0 Å². The number of nitrogens with one attached hydrogen (secondary N) is 1. The second-order valence-electron chi connectivity index (χ2n) is 6.58. The number of H-pyrrole nitrogens is 1. The van der Waals surface area contributed by atoms with Gasteiger partial charge in [-0.1, -0.05) is 0 Å². The van der Waals surface area contributed by atoms with Crippen molar-refractivity contribution >= 4 is 27.4 Å². The van der Waals surface area contributed by atoms with Crippen LogP contribution in [-0.2, 0) is 4.74 Å². The lowest BCUT2D eigenvalue weighted by molar-refractivity contribution is 0.0143. The number of aromatic amines is 1. The second kappa shape index (κ2) is 6.95. The summed E-state index contributed by atoms with van der Waals surface area (Å²) in [5.74, 6) is 1.47. The molecule has 0 radical (unpaired) electrons. The molecule has 5 rings (SSSR count). The van der Waals surface area contributed by atoms with E-state index in [0.717, 1.165) is 33.9 Å². The molecule has 0 aromatic carbocycles. The highest BCUT2D eigenvalue weighted by Crippen LogP contribution is 2.31. The van der Waals surface area contributed by atoms with Crippen LogP contribution in [0.2, 0.25) is 0 Å². The standard InChI is InChI=1S/C18H17BrN8O/c1-11-17(12-6-23-24-7-12)28-5-4-26(11)15-2-3-20-18(25-15)13-8-22-16-9-21-14(19)10-27(13)16/h2-3,6-11,17H,4-5H2,1H3,(H,23,24). The minimum atomic E-state index is -0.0660. The number of hydrogen-bond acceptors (Lipinski definition) is 7. The molecule has 10 heteroatoms. The van der Waals surface area contributed by atoms with E-state index in [2.05, 4.69) is 52.9 Å². The largest absolute Gasteiger partial charge is 0.369 e. The van der Waals surface area contributed by atoms with E-state index in [0.29, 0.717) is 12.4 Å². The SMILES string of the molecule is CC1C(c2cn[nH]c2)OCCN1c1ccnc(-c2cnc3cnc(Br)cn23)n1. The van der Waals surface area contributed by atoms with Gasteiger partial charge >= 0.3 is 0 Å². The Hall–Kier alpha value is -2.85. The van der Waals surface area contributed by atoms with Crippen LogP contribution in [0, 0.1) is 0 Å². The number of aromatic nitrogens is 7. The maximum Gasteiger partial charge on any atom is 0.180 e. The van der Waals surface area contributed by atoms with E-state index in [4.69, 9.17) is 9.72 Å². The molecule has 1 saturated heterocycles. The molecule has 2 atom stereocenters. The van der Waals surface area contributed by atoms with Gasteiger partial charge in [0.2, 0.25) is 0 Å². The Morgan fingerprint density at radius 1 is 1.21 bits per heavy atom. The molecule has 28 heavy (non-hydrogen) atoms. The van der Waals surface area contributed by atoms with Crippen LogP contribution in [0.1, 0.15) is 18.6 Å². The summed E-state index contributed by atoms with van der Waals surface area (Å²) in [5.41, 5.74) is 2.59. The fraction of sp³-hybridized carbons (Fsp3) is 0.278. The lowest BCUT2D eigenvalue weighted by Gasteiger charge is -2.39. The van der Waals surface area contributed by atoms with Gasteiger partial charge in [-0.3, -0.25) is 9.50 Å². The molecule has 142 valence electrons. The molecule has 0 amide bonds. The van der Waals surface area contributed by atoms with Crippen molar-refractivity contribution in [2.75, 3.05) is 18.1 Å². The monoisotopic (exact) mass is 440 g/mol. The fourth-order valence-electron chi connectivity index (χ4n) is 3.56. The summed E-state index contributed by atoms with van der Waals surface area (Å²) < 4.78 is 8.63. The second-order valence-corrected chi connectivity index (χ2v) is 7.39. The third-order valence-corrected chi connectivity index (χ3v) is 5.35. The normalized spacial score (nSPS) is 20.0. The Morgan fingerprint density at radius 2 is 2.14 bits per heavy atom. The average molecular weight is 441 g/mol. The van der Waals surface area contributed by atoms with E-state index in [1.807, 2.05) is 22.9 Å². The molecule has 0 spiro atoms. The van der Waals surface area contributed by atoms with Crippen LogP contribution in [-0.4, -0.2) is 53.7 Å². The van der Waals surface area contributed by atoms with Gasteiger partial charge in [0.1, 0.15) is 22.2 Å². The third-order valence-electron chi connectivity index (χ3n) is 4.94. The Morgan fingerprint density at radius 3 is 3.00 bits per heavy atom. The lowest BCUT2D eigenvalue weighted by Crippen LogP contribution is -2.46. The zero-order valence-corrected chi connectivity index (χ0v) is 16.6. The fourth-order valence-corrected chi connectivity index (χ4v) is 3.87. The molecule has 2 unspecified atom stereocenters. The number of fused-ring (bicyclic) bond motifs is 1. The molecule has 4 aromatic heterocycles. The molecule has 0 aliphatic carbocycles. The van der Waals surface area contributed by atoms with Crippen LogP contribution in [0.5, 0.6) is 0 Å². The van der Waals surface area contributed by atoms with Crippen LogP contribution < -0.4 is 4.90 Å². The zero-order chi connectivity index (χ0) is 19.1. The first kappa shape index (κ1) is 17.3. The first-order valence-electron chi connectivity index (χ1n) is 8.89. The van der Waals surface area contributed by atoms with Crippen molar-refractivity contribution in [1.82, 2.24) is 34.5 Å². The van der Waals surface area contributed by atoms with Gasteiger partial charge in [-0.05, 0) is 28.9 Å². The molecule has 1 aliphatic rings. The summed E-state index contributed by atoms with van der Waals surface area (Å²) in [4.78, 5) is 20.1. The number of halogens is 1. The van der Waals surface area contributed by atoms with Gasteiger partial charge in [0, 0.05) is 30.7 Å². The molecule has 1 N–H and O–H groups in total. The van der Waals surface area contributed by atoms with Crippen molar-refractivity contribution in [1.29, 1.82) is 0 Å². The summed E-state index contributed by atoms with van der Waals surface area (Å²) in [5, 5.41) is 6.90. The quantitative estimate of drug-likeness (QED) is 0.522. The van der Waals surface area contributed by atoms with Crippen molar-refractivity contribution in [3.05, 3.63) is 53.4 Å². The number of ether oxygens (including phenoxy) is 1. The molecular formula is C18H17BrN8O. The Kier molecular flexibility index (Phi) is 4.29. The summed E-state index contributed by atoms with van der Waals surface area (Å²) in [6, 6.07) is 2.04. The molecule has 0 saturated carbocycles. The molecule has 9 nitrogen and oxygen atoms in total. The van der Waals surface area contributed by atoms with E-state index in [-0.39, 0.29) is 12.1 Å². The van der Waals surface area contributed by atoms with Crippen LogP contribution in [0.3, 0.4) is 0 Å². The smallest absolute Gasteiger partial charge is 0.180 e. The van der Waals surface area contributed by atoms with Gasteiger partial charge in [-0.25, -0.2) is 19.9 Å². The highest BCUT2D eigenvalue weighted by atomic mass is 79.9. The van der Waals surface area contributed by atoms with Crippen molar-refractivity contribution in [2.24, 2.45) is 0 Å². The molecule has 1 aliphatic heterocycles. The Labute approximate surface area is 168 Å². The molecule has 5 heterocycles. The van der Waals surface area contributed by atoms with Gasteiger partial charge in [0.05, 0.1) is 31.2 Å². The highest BCUT2D eigenvalue weighted by molar-refractivity contribution is 9.10. The van der Waals surface area contributed by atoms with Gasteiger partial charge in [0.15, 0.2) is 11.5 Å². The van der Waals surface area contributed by atoms with Crippen LogP contribution in [0.15, 0.2) is 47.9 Å². The summed E-state index contributed by atoms with van der Waals surface area (Å²) in [6.07, 6.45) is 10.7. The van der Waals surface area contributed by atoms with Crippen LogP contribution in [0.25, 0.3) is 17.2 Å². The maximum atomic E-state index is 5.99. The summed E-state index contributed by atoms with van der Waals surface area (Å²) in [7, 11) is 0. The van der Waals surface area contributed by atoms with E-state index in [9.17, 15) is 0 Å². The van der Waals surface area contributed by atoms with Gasteiger partial charge in [-0.15, -0.1) is 0 Å². The van der Waals surface area contributed by atoms with Crippen LogP contribution >= 0.6 is 15.9 Å². The van der Waals surface area contributed by atoms with Crippen molar-refractivity contribution in [3.8, 4) is 11.5 Å². The van der Waals surface area contributed by atoms with Crippen molar-refractivity contribution in [2.45, 2.75) is 19.1 Å². The van der Waals surface area contributed by atoms with Gasteiger partial charge < -0.3 is 9.64 Å². The minimum Gasteiger partial charge on any atom is -0.369 e. The molecule has 4 aromatic rings. The number of rotatable bonds is 3. The average Bonchev–Trinajstić information content (AvgIpc) is 3.38. The number of nitrogens with zero attached hydrogens (tertiary/aromatic N) is 7. The number of imidazole rings is 1. The van der Waals surface area contributed by atoms with Crippen molar-refractivity contribution in [3.63, 3.8) is 0 Å². The Balaban J connectivity index is 1.51. The van der Waals surface area contributed by atoms with Gasteiger partial charge in [-0.2, -0.15) is 5.10 Å². The zero-order valence-electron chi connectivity index (χ0n) is 15.0. The van der Waals surface area contributed by atoms with Crippen LogP contribution in [0.4, 0.5) is 5.82 Å². The van der Waals surface area contributed by atoms with Crippen molar-refractivity contribution < 1.29 is 4.74 Å². The predicted molar refractivity (Wildman–Crippen MR) is 106 cm³/mol. The third kappa shape index (κ3) is 2.94. The van der Waals surface area contributed by atoms with Gasteiger partial charge in [0.25, 0.3) is 0 Å². The lowest BCUT2D eigenvalue weighted by atomic mass is 10.0. The number of anilines is 1. The Bertz CT molecular complexity index is 1110. The maximum absolute atomic E-state index is 5.99. The number of hydrogen-bond donors (Lipinski definition) is 1. The summed E-state index contributed by atoms with van der Waals surface area (Å²) in [6.45, 7) is 3.51. The molecular weight excluding hydrogens is 424 g/mol. The van der Waals surface area contributed by atoms with E-state index in [1.165, 1.54) is 0 Å². The first-order chi connectivity index (χ1) is 13.7. The topological polar surface area (TPSA) is 97.1 Å². The predicted octanol–water partition coefficient (Wildman–Crippen LogP) is 2.64. The first-order valence-corrected chi connectivity index (χ1v) is 9.69. The van der Waals surface area contributed by atoms with E-state index < -0.39 is 0 Å².